The maximum atomic E-state index is 12.2. The van der Waals surface area contributed by atoms with Crippen molar-refractivity contribution in [1.29, 1.82) is 0 Å². The number of hydrogen-bond donors (Lipinski definition) is 1. The lowest BCUT2D eigenvalue weighted by Crippen LogP contribution is -2.29. The number of nitrogens with zero attached hydrogens (tertiary/aromatic N) is 1. The van der Waals surface area contributed by atoms with Gasteiger partial charge in [-0.1, -0.05) is 0 Å². The average molecular weight is 463 g/mol. The van der Waals surface area contributed by atoms with Gasteiger partial charge in [0, 0.05) is 16.9 Å². The van der Waals surface area contributed by atoms with E-state index in [1.54, 1.807) is 49.4 Å². The SMILES string of the molecule is CCN(c1ccc(OCC(=O)Nc2ccc3sc(C(=O)OC)cc3c2)cc1)S(C)(=O)=O. The molecule has 0 saturated heterocycles. The molecule has 2 aromatic carbocycles. The van der Waals surface area contributed by atoms with E-state index < -0.39 is 16.0 Å². The molecule has 8 nitrogen and oxygen atoms in total. The first-order valence-corrected chi connectivity index (χ1v) is 12.0. The number of fused-ring (bicyclic) bond motifs is 1. The molecular weight excluding hydrogens is 440 g/mol. The van der Waals surface area contributed by atoms with Crippen LogP contribution in [0.25, 0.3) is 10.1 Å². The van der Waals surface area contributed by atoms with Crippen molar-refractivity contribution in [3.63, 3.8) is 0 Å². The van der Waals surface area contributed by atoms with Crippen LogP contribution in [0.2, 0.25) is 0 Å². The number of benzene rings is 2. The molecule has 0 bridgehead atoms. The van der Waals surface area contributed by atoms with Crippen molar-refractivity contribution in [2.75, 3.05) is 36.1 Å². The molecule has 1 aromatic heterocycles. The lowest BCUT2D eigenvalue weighted by Gasteiger charge is -2.20. The third-order valence-electron chi connectivity index (χ3n) is 4.37. The van der Waals surface area contributed by atoms with E-state index in [1.165, 1.54) is 22.8 Å². The number of carbonyl (C=O) groups excluding carboxylic acids is 2. The molecule has 164 valence electrons. The Morgan fingerprint density at radius 1 is 1.10 bits per heavy atom. The molecule has 1 heterocycles. The molecule has 0 saturated carbocycles. The van der Waals surface area contributed by atoms with Crippen molar-refractivity contribution in [1.82, 2.24) is 0 Å². The summed E-state index contributed by atoms with van der Waals surface area (Å²) in [6.07, 6.45) is 1.15. The summed E-state index contributed by atoms with van der Waals surface area (Å²) in [6, 6.07) is 13.5. The zero-order chi connectivity index (χ0) is 22.6. The maximum absolute atomic E-state index is 12.2. The molecule has 3 aromatic rings. The lowest BCUT2D eigenvalue weighted by molar-refractivity contribution is -0.118. The minimum atomic E-state index is -3.36. The van der Waals surface area contributed by atoms with Crippen LogP contribution in [-0.4, -0.2) is 46.8 Å². The van der Waals surface area contributed by atoms with E-state index in [4.69, 9.17) is 9.47 Å². The first-order chi connectivity index (χ1) is 14.7. The highest BCUT2D eigenvalue weighted by Gasteiger charge is 2.15. The van der Waals surface area contributed by atoms with Crippen LogP contribution in [-0.2, 0) is 19.6 Å². The van der Waals surface area contributed by atoms with Crippen LogP contribution in [0.4, 0.5) is 11.4 Å². The quantitative estimate of drug-likeness (QED) is 0.514. The fraction of sp³-hybridized carbons (Fsp3) is 0.238. The van der Waals surface area contributed by atoms with E-state index in [-0.39, 0.29) is 12.5 Å². The number of anilines is 2. The second kappa shape index (κ2) is 9.36. The highest BCUT2D eigenvalue weighted by Crippen LogP contribution is 2.28. The summed E-state index contributed by atoms with van der Waals surface area (Å²) in [4.78, 5) is 24.4. The molecule has 3 rings (SSSR count). The van der Waals surface area contributed by atoms with Gasteiger partial charge in [0.15, 0.2) is 6.61 Å². The predicted octanol–water partition coefficient (Wildman–Crippen LogP) is 3.49. The van der Waals surface area contributed by atoms with Crippen molar-refractivity contribution in [3.8, 4) is 5.75 Å². The average Bonchev–Trinajstić information content (AvgIpc) is 3.15. The molecule has 0 atom stereocenters. The summed E-state index contributed by atoms with van der Waals surface area (Å²) in [5, 5.41) is 3.58. The van der Waals surface area contributed by atoms with Crippen molar-refractivity contribution < 1.29 is 27.5 Å². The molecule has 0 spiro atoms. The largest absolute Gasteiger partial charge is 0.484 e. The summed E-state index contributed by atoms with van der Waals surface area (Å²) in [7, 11) is -2.03. The first kappa shape index (κ1) is 22.6. The number of sulfonamides is 1. The highest BCUT2D eigenvalue weighted by atomic mass is 32.2. The number of amides is 1. The number of rotatable bonds is 8. The van der Waals surface area contributed by atoms with Gasteiger partial charge in [-0.05, 0) is 60.8 Å². The standard InChI is InChI=1S/C21H22N2O6S2/c1-4-23(31(3,26)27)16-6-8-17(9-7-16)29-13-20(24)22-15-5-10-18-14(11-15)12-19(30-18)21(25)28-2/h5-12H,4,13H2,1-3H3,(H,22,24). The molecule has 0 radical (unpaired) electrons. The maximum Gasteiger partial charge on any atom is 0.348 e. The smallest absolute Gasteiger partial charge is 0.348 e. The van der Waals surface area contributed by atoms with Gasteiger partial charge in [-0.25, -0.2) is 13.2 Å². The van der Waals surface area contributed by atoms with Gasteiger partial charge in [-0.2, -0.15) is 0 Å². The van der Waals surface area contributed by atoms with Crippen LogP contribution >= 0.6 is 11.3 Å². The molecule has 0 aliphatic heterocycles. The van der Waals surface area contributed by atoms with E-state index in [1.807, 2.05) is 6.07 Å². The molecule has 10 heteroatoms. The van der Waals surface area contributed by atoms with E-state index in [0.29, 0.717) is 28.5 Å². The molecule has 0 aliphatic rings. The van der Waals surface area contributed by atoms with Crippen molar-refractivity contribution in [2.45, 2.75) is 6.92 Å². The lowest BCUT2D eigenvalue weighted by atomic mass is 10.2. The summed E-state index contributed by atoms with van der Waals surface area (Å²) in [6.45, 7) is 1.86. The minimum absolute atomic E-state index is 0.210. The number of carbonyl (C=O) groups is 2. The Morgan fingerprint density at radius 3 is 2.42 bits per heavy atom. The summed E-state index contributed by atoms with van der Waals surface area (Å²) in [5.41, 5.74) is 1.11. The van der Waals surface area contributed by atoms with Crippen LogP contribution in [0, 0.1) is 0 Å². The Kier molecular flexibility index (Phi) is 6.81. The monoisotopic (exact) mass is 462 g/mol. The zero-order valence-corrected chi connectivity index (χ0v) is 18.9. The number of methoxy groups -OCH3 is 1. The molecular formula is C21H22N2O6S2. The Labute approximate surface area is 184 Å². The molecule has 1 N–H and O–H groups in total. The topological polar surface area (TPSA) is 102 Å². The minimum Gasteiger partial charge on any atom is -0.484 e. The third kappa shape index (κ3) is 5.53. The number of thiophene rings is 1. The first-order valence-electron chi connectivity index (χ1n) is 9.33. The Bertz CT molecular complexity index is 1200. The Hall–Kier alpha value is -3.11. The molecule has 0 aliphatic carbocycles. The number of hydrogen-bond acceptors (Lipinski definition) is 7. The normalized spacial score (nSPS) is 11.2. The van der Waals surface area contributed by atoms with E-state index in [9.17, 15) is 18.0 Å². The van der Waals surface area contributed by atoms with Crippen molar-refractivity contribution >= 4 is 54.7 Å². The van der Waals surface area contributed by atoms with Crippen LogP contribution < -0.4 is 14.4 Å². The van der Waals surface area contributed by atoms with Crippen LogP contribution in [0.3, 0.4) is 0 Å². The van der Waals surface area contributed by atoms with Gasteiger partial charge in [-0.15, -0.1) is 11.3 Å². The van der Waals surface area contributed by atoms with Crippen LogP contribution in [0.5, 0.6) is 5.75 Å². The van der Waals surface area contributed by atoms with Gasteiger partial charge in [0.2, 0.25) is 10.0 Å². The van der Waals surface area contributed by atoms with Gasteiger partial charge in [0.25, 0.3) is 5.91 Å². The van der Waals surface area contributed by atoms with Gasteiger partial charge in [-0.3, -0.25) is 9.10 Å². The van der Waals surface area contributed by atoms with E-state index in [0.717, 1.165) is 16.3 Å². The van der Waals surface area contributed by atoms with Gasteiger partial charge in [0.1, 0.15) is 10.6 Å². The third-order valence-corrected chi connectivity index (χ3v) is 6.73. The molecule has 0 fully saturated rings. The van der Waals surface area contributed by atoms with Crippen LogP contribution in [0.15, 0.2) is 48.5 Å². The second-order valence-electron chi connectivity index (χ2n) is 6.61. The summed E-state index contributed by atoms with van der Waals surface area (Å²) in [5.74, 6) is -0.303. The van der Waals surface area contributed by atoms with Gasteiger partial charge >= 0.3 is 5.97 Å². The number of esters is 1. The molecule has 31 heavy (non-hydrogen) atoms. The number of ether oxygens (including phenoxy) is 2. The number of nitrogens with one attached hydrogen (secondary N) is 1. The zero-order valence-electron chi connectivity index (χ0n) is 17.2. The Morgan fingerprint density at radius 2 is 1.81 bits per heavy atom. The highest BCUT2D eigenvalue weighted by molar-refractivity contribution is 7.92. The summed E-state index contributed by atoms with van der Waals surface area (Å²) >= 11 is 1.32. The van der Waals surface area contributed by atoms with Crippen molar-refractivity contribution in [2.24, 2.45) is 0 Å². The second-order valence-corrected chi connectivity index (χ2v) is 9.60. The molecule has 0 unspecified atom stereocenters. The van der Waals surface area contributed by atoms with Crippen molar-refractivity contribution in [3.05, 3.63) is 53.4 Å². The fourth-order valence-corrected chi connectivity index (χ4v) is 4.92. The summed E-state index contributed by atoms with van der Waals surface area (Å²) < 4.78 is 36.0. The fourth-order valence-electron chi connectivity index (χ4n) is 2.99. The van der Waals surface area contributed by atoms with E-state index in [2.05, 4.69) is 5.32 Å². The van der Waals surface area contributed by atoms with Gasteiger partial charge in [0.05, 0.1) is 19.1 Å². The molecule has 1 amide bonds. The van der Waals surface area contributed by atoms with Crippen LogP contribution in [0.1, 0.15) is 16.6 Å². The predicted molar refractivity (Wildman–Crippen MR) is 122 cm³/mol. The Balaban J connectivity index is 1.60. The van der Waals surface area contributed by atoms with Gasteiger partial charge < -0.3 is 14.8 Å². The van der Waals surface area contributed by atoms with E-state index >= 15 is 0 Å².